The minimum absolute atomic E-state index is 0.0562. The third-order valence-electron chi connectivity index (χ3n) is 5.13. The first kappa shape index (κ1) is 18.8. The first-order chi connectivity index (χ1) is 12.3. The summed E-state index contributed by atoms with van der Waals surface area (Å²) in [5.74, 6) is 1.78. The van der Waals surface area contributed by atoms with Crippen molar-refractivity contribution in [3.63, 3.8) is 0 Å². The van der Waals surface area contributed by atoms with E-state index in [4.69, 9.17) is 4.98 Å². The fraction of sp³-hybridized carbons (Fsp3) is 0.611. The van der Waals surface area contributed by atoms with Gasteiger partial charge >= 0.3 is 0 Å². The lowest BCUT2D eigenvalue weighted by molar-refractivity contribution is 0.434. The van der Waals surface area contributed by atoms with Gasteiger partial charge in [0.2, 0.25) is 0 Å². The number of nitrogens with zero attached hydrogens (tertiary/aromatic N) is 5. The Bertz CT molecular complexity index is 856. The zero-order valence-corrected chi connectivity index (χ0v) is 16.7. The second-order valence-electron chi connectivity index (χ2n) is 7.27. The Kier molecular flexibility index (Phi) is 5.32. The quantitative estimate of drug-likeness (QED) is 0.745. The van der Waals surface area contributed by atoms with Gasteiger partial charge < -0.3 is 4.90 Å². The van der Waals surface area contributed by atoms with Gasteiger partial charge in [-0.25, -0.2) is 13.1 Å². The largest absolute Gasteiger partial charge is 0.356 e. The van der Waals surface area contributed by atoms with Gasteiger partial charge in [-0.05, 0) is 37.2 Å². The lowest BCUT2D eigenvalue weighted by Crippen LogP contribution is -2.35. The highest BCUT2D eigenvalue weighted by atomic mass is 32.2. The monoisotopic (exact) mass is 377 g/mol. The van der Waals surface area contributed by atoms with E-state index < -0.39 is 9.84 Å². The van der Waals surface area contributed by atoms with Crippen molar-refractivity contribution >= 4 is 15.7 Å². The fourth-order valence-corrected chi connectivity index (χ4v) is 4.24. The van der Waals surface area contributed by atoms with Gasteiger partial charge in [0.05, 0.1) is 0 Å². The van der Waals surface area contributed by atoms with Gasteiger partial charge in [0.25, 0.3) is 5.95 Å². The van der Waals surface area contributed by atoms with Crippen LogP contribution in [0.5, 0.6) is 0 Å². The van der Waals surface area contributed by atoms with Gasteiger partial charge in [-0.1, -0.05) is 20.8 Å². The number of aromatic nitrogens is 4. The van der Waals surface area contributed by atoms with Crippen molar-refractivity contribution in [3.05, 3.63) is 24.0 Å². The van der Waals surface area contributed by atoms with Crippen LogP contribution in [-0.4, -0.2) is 47.5 Å². The highest BCUT2D eigenvalue weighted by molar-refractivity contribution is 7.90. The van der Waals surface area contributed by atoms with Crippen LogP contribution in [0.25, 0.3) is 5.95 Å². The van der Waals surface area contributed by atoms with Crippen LogP contribution >= 0.6 is 0 Å². The SMILES string of the molecule is CCC(C)c1c(N2CCC(C)CC2)nc(-n2cccn2)nc1S(C)(=O)=O. The summed E-state index contributed by atoms with van der Waals surface area (Å²) in [7, 11) is -3.49. The van der Waals surface area contributed by atoms with Crippen LogP contribution < -0.4 is 4.90 Å². The zero-order chi connectivity index (χ0) is 18.9. The number of anilines is 1. The van der Waals surface area contributed by atoms with E-state index in [2.05, 4.69) is 28.8 Å². The Balaban J connectivity index is 2.22. The number of sulfone groups is 1. The molecule has 1 atom stereocenters. The predicted molar refractivity (Wildman–Crippen MR) is 102 cm³/mol. The Morgan fingerprint density at radius 3 is 2.50 bits per heavy atom. The third kappa shape index (κ3) is 3.75. The van der Waals surface area contributed by atoms with Gasteiger partial charge in [0.1, 0.15) is 5.82 Å². The van der Waals surface area contributed by atoms with Crippen LogP contribution in [0.15, 0.2) is 23.5 Å². The number of hydrogen-bond donors (Lipinski definition) is 0. The average molecular weight is 378 g/mol. The molecule has 1 aliphatic rings. The molecule has 2 aromatic heterocycles. The van der Waals surface area contributed by atoms with E-state index in [0.717, 1.165) is 43.7 Å². The molecule has 0 spiro atoms. The standard InChI is InChI=1S/C18H27N5O2S/c1-5-14(3)15-16(22-11-7-13(2)8-12-22)20-18(23-10-6-9-19-23)21-17(15)26(4,24)25/h6,9-10,13-14H,5,7-8,11-12H2,1-4H3. The summed E-state index contributed by atoms with van der Waals surface area (Å²) in [4.78, 5) is 11.4. The van der Waals surface area contributed by atoms with E-state index in [9.17, 15) is 8.42 Å². The Morgan fingerprint density at radius 1 is 1.27 bits per heavy atom. The van der Waals surface area contributed by atoms with E-state index in [1.165, 1.54) is 10.9 Å². The molecule has 2 aromatic rings. The topological polar surface area (TPSA) is 81.0 Å². The molecule has 0 amide bonds. The van der Waals surface area contributed by atoms with Gasteiger partial charge in [-0.15, -0.1) is 0 Å². The molecule has 1 saturated heterocycles. The summed E-state index contributed by atoms with van der Waals surface area (Å²) < 4.78 is 26.6. The molecule has 0 N–H and O–H groups in total. The highest BCUT2D eigenvalue weighted by Gasteiger charge is 2.29. The Labute approximate surface area is 155 Å². The third-order valence-corrected chi connectivity index (χ3v) is 6.14. The number of piperidine rings is 1. The van der Waals surface area contributed by atoms with Crippen LogP contribution in [0, 0.1) is 5.92 Å². The minimum atomic E-state index is -3.49. The molecule has 1 aliphatic heterocycles. The molecule has 0 radical (unpaired) electrons. The van der Waals surface area contributed by atoms with Crippen LogP contribution in [0.4, 0.5) is 5.82 Å². The molecule has 0 bridgehead atoms. The maximum absolute atomic E-state index is 12.5. The summed E-state index contributed by atoms with van der Waals surface area (Å²) in [6.45, 7) is 8.11. The highest BCUT2D eigenvalue weighted by Crippen LogP contribution is 2.35. The van der Waals surface area contributed by atoms with Crippen LogP contribution in [0.1, 0.15) is 51.5 Å². The molecular formula is C18H27N5O2S. The summed E-state index contributed by atoms with van der Waals surface area (Å²) >= 11 is 0. The summed E-state index contributed by atoms with van der Waals surface area (Å²) in [6.07, 6.45) is 7.56. The molecule has 0 aliphatic carbocycles. The number of hydrogen-bond acceptors (Lipinski definition) is 6. The molecule has 26 heavy (non-hydrogen) atoms. The predicted octanol–water partition coefficient (Wildman–Crippen LogP) is 2.82. The molecule has 3 rings (SSSR count). The lowest BCUT2D eigenvalue weighted by Gasteiger charge is -2.34. The van der Waals surface area contributed by atoms with E-state index in [1.54, 1.807) is 18.5 Å². The number of rotatable bonds is 5. The van der Waals surface area contributed by atoms with Crippen molar-refractivity contribution in [1.82, 2.24) is 19.7 Å². The van der Waals surface area contributed by atoms with E-state index in [-0.39, 0.29) is 10.9 Å². The summed E-state index contributed by atoms with van der Waals surface area (Å²) in [5.41, 5.74) is 0.737. The minimum Gasteiger partial charge on any atom is -0.356 e. The first-order valence-electron chi connectivity index (χ1n) is 9.18. The van der Waals surface area contributed by atoms with Crippen molar-refractivity contribution in [2.75, 3.05) is 24.2 Å². The second kappa shape index (κ2) is 7.34. The van der Waals surface area contributed by atoms with Gasteiger partial charge in [-0.2, -0.15) is 15.1 Å². The Hall–Kier alpha value is -1.96. The summed E-state index contributed by atoms with van der Waals surface area (Å²) in [5, 5.41) is 4.31. The van der Waals surface area contributed by atoms with Crippen molar-refractivity contribution in [3.8, 4) is 5.95 Å². The van der Waals surface area contributed by atoms with Crippen LogP contribution in [0.3, 0.4) is 0 Å². The Morgan fingerprint density at radius 2 is 1.96 bits per heavy atom. The van der Waals surface area contributed by atoms with Crippen molar-refractivity contribution < 1.29 is 8.42 Å². The molecule has 3 heterocycles. The summed E-state index contributed by atoms with van der Waals surface area (Å²) in [6, 6.07) is 1.77. The average Bonchev–Trinajstić information content (AvgIpc) is 3.14. The molecule has 142 valence electrons. The van der Waals surface area contributed by atoms with Crippen molar-refractivity contribution in [2.45, 2.75) is 51.0 Å². The molecule has 0 saturated carbocycles. The molecule has 1 unspecified atom stereocenters. The molecular weight excluding hydrogens is 350 g/mol. The maximum atomic E-state index is 12.5. The van der Waals surface area contributed by atoms with Gasteiger partial charge in [0, 0.05) is 37.3 Å². The molecule has 8 heteroatoms. The fourth-order valence-electron chi connectivity index (χ4n) is 3.30. The van der Waals surface area contributed by atoms with Crippen molar-refractivity contribution in [1.29, 1.82) is 0 Å². The van der Waals surface area contributed by atoms with Crippen LogP contribution in [-0.2, 0) is 9.84 Å². The van der Waals surface area contributed by atoms with Crippen LogP contribution in [0.2, 0.25) is 0 Å². The zero-order valence-electron chi connectivity index (χ0n) is 15.9. The second-order valence-corrected chi connectivity index (χ2v) is 9.20. The molecule has 0 aromatic carbocycles. The molecule has 1 fully saturated rings. The first-order valence-corrected chi connectivity index (χ1v) is 11.1. The smallest absolute Gasteiger partial charge is 0.253 e. The van der Waals surface area contributed by atoms with Gasteiger partial charge in [0.15, 0.2) is 14.9 Å². The van der Waals surface area contributed by atoms with E-state index >= 15 is 0 Å². The maximum Gasteiger partial charge on any atom is 0.253 e. The van der Waals surface area contributed by atoms with E-state index in [1.807, 2.05) is 6.92 Å². The molecule has 7 nitrogen and oxygen atoms in total. The normalized spacial score (nSPS) is 17.5. The van der Waals surface area contributed by atoms with Crippen molar-refractivity contribution in [2.24, 2.45) is 5.92 Å². The lowest BCUT2D eigenvalue weighted by atomic mass is 9.96. The van der Waals surface area contributed by atoms with E-state index in [0.29, 0.717) is 11.9 Å². The van der Waals surface area contributed by atoms with Gasteiger partial charge in [-0.3, -0.25) is 0 Å².